The van der Waals surface area contributed by atoms with Gasteiger partial charge in [0.15, 0.2) is 0 Å². The molecule has 0 spiro atoms. The van der Waals surface area contributed by atoms with E-state index in [0.717, 1.165) is 82.5 Å². The van der Waals surface area contributed by atoms with Crippen LogP contribution in [0, 0.1) is 29.5 Å². The van der Waals surface area contributed by atoms with E-state index in [1.54, 1.807) is 6.07 Å². The van der Waals surface area contributed by atoms with E-state index in [2.05, 4.69) is 6.92 Å². The molecule has 4 nitrogen and oxygen atoms in total. The summed E-state index contributed by atoms with van der Waals surface area (Å²) in [7, 11) is 0. The summed E-state index contributed by atoms with van der Waals surface area (Å²) in [6.45, 7) is 4.05. The maximum atomic E-state index is 14.9. The predicted octanol–water partition coefficient (Wildman–Crippen LogP) is 6.81. The molecule has 0 radical (unpaired) electrons. The zero-order chi connectivity index (χ0) is 23.5. The third-order valence-corrected chi connectivity index (χ3v) is 9.02. The van der Waals surface area contributed by atoms with Crippen LogP contribution in [0.1, 0.15) is 95.5 Å². The summed E-state index contributed by atoms with van der Waals surface area (Å²) in [4.78, 5) is 12.8. The highest BCUT2D eigenvalue weighted by atomic mass is 19.1. The first-order valence-corrected chi connectivity index (χ1v) is 13.8. The molecule has 0 amide bonds. The molecule has 2 saturated heterocycles. The summed E-state index contributed by atoms with van der Waals surface area (Å²) >= 11 is 0. The van der Waals surface area contributed by atoms with E-state index in [1.165, 1.54) is 25.3 Å². The maximum Gasteiger partial charge on any atom is 0.314 e. The van der Waals surface area contributed by atoms with Crippen LogP contribution in [-0.2, 0) is 14.3 Å². The van der Waals surface area contributed by atoms with Gasteiger partial charge in [0, 0.05) is 12.7 Å². The third kappa shape index (κ3) is 5.84. The van der Waals surface area contributed by atoms with Crippen molar-refractivity contribution in [2.45, 2.75) is 102 Å². The highest BCUT2D eigenvalue weighted by molar-refractivity contribution is 5.75. The Labute approximate surface area is 203 Å². The molecule has 188 valence electrons. The lowest BCUT2D eigenvalue weighted by atomic mass is 9.77. The molecule has 2 heterocycles. The minimum absolute atomic E-state index is 0.0876. The molecule has 1 aromatic carbocycles. The fraction of sp³-hybridized carbons (Fsp3) is 0.759. The summed E-state index contributed by atoms with van der Waals surface area (Å²) < 4.78 is 32.2. The van der Waals surface area contributed by atoms with Crippen molar-refractivity contribution < 1.29 is 23.4 Å². The SMILES string of the molecule is CCCC1CCC(C2CCC(C(=O)Oc3ccc(C4CCC(C5CO5)CC4)c(F)c3)CC2)OC1. The highest BCUT2D eigenvalue weighted by Crippen LogP contribution is 2.42. The molecule has 3 unspecified atom stereocenters. The third-order valence-electron chi connectivity index (χ3n) is 9.02. The van der Waals surface area contributed by atoms with Gasteiger partial charge in [-0.25, -0.2) is 4.39 Å². The molecule has 2 aliphatic carbocycles. The maximum absolute atomic E-state index is 14.9. The second kappa shape index (κ2) is 11.1. The van der Waals surface area contributed by atoms with Gasteiger partial charge in [-0.1, -0.05) is 19.4 Å². The number of esters is 1. The molecule has 4 aliphatic rings. The second-order valence-corrected chi connectivity index (χ2v) is 11.3. The molecular weight excluding hydrogens is 431 g/mol. The van der Waals surface area contributed by atoms with Crippen molar-refractivity contribution in [1.29, 1.82) is 0 Å². The molecule has 0 N–H and O–H groups in total. The number of hydrogen-bond donors (Lipinski definition) is 0. The Morgan fingerprint density at radius 1 is 0.912 bits per heavy atom. The molecule has 2 saturated carbocycles. The average Bonchev–Trinajstić information content (AvgIpc) is 3.71. The average molecular weight is 473 g/mol. The first-order valence-electron chi connectivity index (χ1n) is 13.8. The van der Waals surface area contributed by atoms with Crippen molar-refractivity contribution in [3.05, 3.63) is 29.6 Å². The summed E-state index contributed by atoms with van der Waals surface area (Å²) in [6.07, 6.45) is 13.7. The Kier molecular flexibility index (Phi) is 7.90. The topological polar surface area (TPSA) is 48.1 Å². The van der Waals surface area contributed by atoms with Gasteiger partial charge in [-0.05, 0) is 106 Å². The van der Waals surface area contributed by atoms with Crippen LogP contribution in [0.4, 0.5) is 4.39 Å². The van der Waals surface area contributed by atoms with E-state index < -0.39 is 0 Å². The molecule has 5 heteroatoms. The van der Waals surface area contributed by atoms with Gasteiger partial charge in [-0.15, -0.1) is 0 Å². The number of hydrogen-bond acceptors (Lipinski definition) is 4. The zero-order valence-electron chi connectivity index (χ0n) is 20.7. The summed E-state index contributed by atoms with van der Waals surface area (Å²) in [6, 6.07) is 5.03. The standard InChI is InChI=1S/C29H41FO4/c1-2-3-19-4-15-27(32-17-19)21-9-11-23(12-10-21)29(31)34-24-13-14-25(26(30)16-24)20-5-7-22(8-6-20)28-18-33-28/h13-14,16,19-23,27-28H,2-12,15,17-18H2,1H3. The smallest absolute Gasteiger partial charge is 0.314 e. The Hall–Kier alpha value is -1.46. The fourth-order valence-electron chi connectivity index (χ4n) is 6.79. The Bertz CT molecular complexity index is 813. The largest absolute Gasteiger partial charge is 0.426 e. The second-order valence-electron chi connectivity index (χ2n) is 11.3. The molecule has 1 aromatic rings. The zero-order valence-corrected chi connectivity index (χ0v) is 20.7. The lowest BCUT2D eigenvalue weighted by Crippen LogP contribution is -2.35. The van der Waals surface area contributed by atoms with E-state index in [-0.39, 0.29) is 23.6 Å². The number of carbonyl (C=O) groups is 1. The number of rotatable bonds is 7. The van der Waals surface area contributed by atoms with Gasteiger partial charge in [0.05, 0.1) is 24.7 Å². The Morgan fingerprint density at radius 3 is 2.21 bits per heavy atom. The van der Waals surface area contributed by atoms with Gasteiger partial charge in [0.2, 0.25) is 0 Å². The number of halogens is 1. The molecule has 3 atom stereocenters. The minimum atomic E-state index is -0.240. The molecule has 2 aliphatic heterocycles. The van der Waals surface area contributed by atoms with Crippen molar-refractivity contribution in [2.24, 2.45) is 23.7 Å². The van der Waals surface area contributed by atoms with E-state index in [0.29, 0.717) is 29.8 Å². The van der Waals surface area contributed by atoms with Crippen LogP contribution in [0.5, 0.6) is 5.75 Å². The van der Waals surface area contributed by atoms with Crippen molar-refractivity contribution in [3.63, 3.8) is 0 Å². The van der Waals surface area contributed by atoms with E-state index in [4.69, 9.17) is 14.2 Å². The highest BCUT2D eigenvalue weighted by Gasteiger charge is 2.37. The first-order chi connectivity index (χ1) is 16.6. The van der Waals surface area contributed by atoms with Gasteiger partial charge in [0.25, 0.3) is 0 Å². The fourth-order valence-corrected chi connectivity index (χ4v) is 6.79. The first kappa shape index (κ1) is 24.2. The van der Waals surface area contributed by atoms with E-state index in [9.17, 15) is 9.18 Å². The van der Waals surface area contributed by atoms with Crippen molar-refractivity contribution in [3.8, 4) is 5.75 Å². The Morgan fingerprint density at radius 2 is 1.59 bits per heavy atom. The van der Waals surface area contributed by atoms with Crippen molar-refractivity contribution in [2.75, 3.05) is 13.2 Å². The predicted molar refractivity (Wildman–Crippen MR) is 129 cm³/mol. The number of ether oxygens (including phenoxy) is 3. The molecular formula is C29H41FO4. The van der Waals surface area contributed by atoms with Crippen LogP contribution in [-0.4, -0.2) is 31.4 Å². The summed E-state index contributed by atoms with van der Waals surface area (Å²) in [5, 5.41) is 0. The van der Waals surface area contributed by atoms with Crippen LogP contribution in [0.2, 0.25) is 0 Å². The van der Waals surface area contributed by atoms with Crippen LogP contribution < -0.4 is 4.74 Å². The number of carbonyl (C=O) groups excluding carboxylic acids is 1. The molecule has 5 rings (SSSR count). The van der Waals surface area contributed by atoms with Crippen LogP contribution >= 0.6 is 0 Å². The Balaban J connectivity index is 1.07. The molecule has 0 bridgehead atoms. The minimum Gasteiger partial charge on any atom is -0.426 e. The van der Waals surface area contributed by atoms with Gasteiger partial charge in [-0.2, -0.15) is 0 Å². The van der Waals surface area contributed by atoms with E-state index in [1.807, 2.05) is 6.07 Å². The normalized spacial score (nSPS) is 36.1. The van der Waals surface area contributed by atoms with Gasteiger partial charge < -0.3 is 14.2 Å². The van der Waals surface area contributed by atoms with Crippen LogP contribution in [0.3, 0.4) is 0 Å². The lowest BCUT2D eigenvalue weighted by molar-refractivity contribution is -0.141. The van der Waals surface area contributed by atoms with Crippen molar-refractivity contribution >= 4 is 5.97 Å². The summed E-state index contributed by atoms with van der Waals surface area (Å²) in [5.74, 6) is 2.00. The molecule has 34 heavy (non-hydrogen) atoms. The quantitative estimate of drug-likeness (QED) is 0.249. The van der Waals surface area contributed by atoms with Crippen molar-refractivity contribution in [1.82, 2.24) is 0 Å². The lowest BCUT2D eigenvalue weighted by Gasteiger charge is -2.37. The van der Waals surface area contributed by atoms with Crippen LogP contribution in [0.15, 0.2) is 18.2 Å². The summed E-state index contributed by atoms with van der Waals surface area (Å²) in [5.41, 5.74) is 0.768. The van der Waals surface area contributed by atoms with Gasteiger partial charge in [-0.3, -0.25) is 4.79 Å². The molecule has 4 fully saturated rings. The van der Waals surface area contributed by atoms with Crippen LogP contribution in [0.25, 0.3) is 0 Å². The number of epoxide rings is 1. The van der Waals surface area contributed by atoms with Gasteiger partial charge >= 0.3 is 5.97 Å². The van der Waals surface area contributed by atoms with E-state index >= 15 is 0 Å². The number of benzene rings is 1. The molecule has 0 aromatic heterocycles. The van der Waals surface area contributed by atoms with Gasteiger partial charge in [0.1, 0.15) is 11.6 Å². The monoisotopic (exact) mass is 472 g/mol.